The van der Waals surface area contributed by atoms with E-state index in [1.54, 1.807) is 6.07 Å². The van der Waals surface area contributed by atoms with Gasteiger partial charge < -0.3 is 20.5 Å². The second-order valence-electron chi connectivity index (χ2n) is 3.92. The first-order valence-corrected chi connectivity index (χ1v) is 5.90. The summed E-state index contributed by atoms with van der Waals surface area (Å²) in [6.45, 7) is 0. The number of allylic oxidation sites excluding steroid dienone is 2. The third-order valence-corrected chi connectivity index (χ3v) is 2.71. The molecule has 1 aromatic rings. The lowest BCUT2D eigenvalue weighted by atomic mass is 10.1. The van der Waals surface area contributed by atoms with E-state index in [1.807, 2.05) is 0 Å². The number of methoxy groups -OCH3 is 2. The average Bonchev–Trinajstić information content (AvgIpc) is 2.55. The molecule has 0 atom stereocenters. The molecule has 1 amide bonds. The van der Waals surface area contributed by atoms with Crippen LogP contribution in [0.25, 0.3) is 0 Å². The van der Waals surface area contributed by atoms with Gasteiger partial charge in [0.15, 0.2) is 22.9 Å². The number of nitrogens with two attached hydrogens (primary N) is 1. The first-order valence-electron chi connectivity index (χ1n) is 5.90. The minimum absolute atomic E-state index is 0.0902. The molecule has 0 bridgehead atoms. The molecular formula is C14H10FN5O3. The van der Waals surface area contributed by atoms with Crippen LogP contribution in [0.3, 0.4) is 0 Å². The fourth-order valence-corrected chi connectivity index (χ4v) is 1.68. The summed E-state index contributed by atoms with van der Waals surface area (Å²) in [4.78, 5) is 11.5. The lowest BCUT2D eigenvalue weighted by molar-refractivity contribution is 0.1000. The molecule has 0 aliphatic heterocycles. The SMILES string of the molecule is COc1cc(C(N)=O)c(NC(C#N)=C(C#N)C#N)c(F)c1OC. The number of rotatable bonds is 5. The summed E-state index contributed by atoms with van der Waals surface area (Å²) in [6.07, 6.45) is 0. The van der Waals surface area contributed by atoms with E-state index in [0.717, 1.165) is 6.07 Å². The lowest BCUT2D eigenvalue weighted by Gasteiger charge is -2.15. The fraction of sp³-hybridized carbons (Fsp3) is 0.143. The highest BCUT2D eigenvalue weighted by atomic mass is 19.1. The standard InChI is InChI=1S/C14H10FN5O3/c1-22-10-3-8(14(19)21)12(11(15)13(10)23-2)20-9(6-18)7(4-16)5-17/h3,20H,1-2H3,(H2,19,21). The number of nitrogens with one attached hydrogen (secondary N) is 1. The molecule has 0 spiro atoms. The summed E-state index contributed by atoms with van der Waals surface area (Å²) in [5.74, 6) is -2.51. The van der Waals surface area contributed by atoms with E-state index in [9.17, 15) is 9.18 Å². The number of hydrogen-bond acceptors (Lipinski definition) is 7. The van der Waals surface area contributed by atoms with Crippen LogP contribution in [-0.2, 0) is 0 Å². The summed E-state index contributed by atoms with van der Waals surface area (Å²) in [7, 11) is 2.41. The molecule has 116 valence electrons. The number of carbonyl (C=O) groups excluding carboxylic acids is 1. The minimum Gasteiger partial charge on any atom is -0.493 e. The Morgan fingerprint density at radius 2 is 1.83 bits per heavy atom. The molecule has 0 radical (unpaired) electrons. The predicted octanol–water partition coefficient (Wildman–Crippen LogP) is 1.18. The molecular weight excluding hydrogens is 305 g/mol. The van der Waals surface area contributed by atoms with Crippen LogP contribution in [0.2, 0.25) is 0 Å². The second kappa shape index (κ2) is 7.30. The van der Waals surface area contributed by atoms with Crippen LogP contribution in [-0.4, -0.2) is 20.1 Å². The van der Waals surface area contributed by atoms with Crippen molar-refractivity contribution in [2.45, 2.75) is 0 Å². The number of carbonyl (C=O) groups is 1. The van der Waals surface area contributed by atoms with Gasteiger partial charge in [0.1, 0.15) is 23.9 Å². The molecule has 0 aromatic heterocycles. The smallest absolute Gasteiger partial charge is 0.251 e. The minimum atomic E-state index is -1.07. The molecule has 23 heavy (non-hydrogen) atoms. The molecule has 0 heterocycles. The molecule has 9 heteroatoms. The molecule has 0 aliphatic rings. The number of halogens is 1. The monoisotopic (exact) mass is 315 g/mol. The van der Waals surface area contributed by atoms with Crippen molar-refractivity contribution < 1.29 is 18.7 Å². The van der Waals surface area contributed by atoms with Gasteiger partial charge >= 0.3 is 0 Å². The summed E-state index contributed by atoms with van der Waals surface area (Å²) in [6, 6.07) is 5.62. The Hall–Kier alpha value is -3.77. The zero-order valence-corrected chi connectivity index (χ0v) is 12.1. The van der Waals surface area contributed by atoms with Crippen LogP contribution in [0, 0.1) is 39.8 Å². The Labute approximate surface area is 130 Å². The molecule has 0 fully saturated rings. The van der Waals surface area contributed by atoms with Crippen LogP contribution in [0.4, 0.5) is 10.1 Å². The number of ether oxygens (including phenoxy) is 2. The van der Waals surface area contributed by atoms with E-state index in [4.69, 9.17) is 31.0 Å². The van der Waals surface area contributed by atoms with Crippen molar-refractivity contribution in [1.82, 2.24) is 0 Å². The van der Waals surface area contributed by atoms with Gasteiger partial charge in [0.05, 0.1) is 25.5 Å². The zero-order chi connectivity index (χ0) is 17.6. The Kier molecular flexibility index (Phi) is 5.48. The van der Waals surface area contributed by atoms with Gasteiger partial charge in [-0.05, 0) is 6.07 Å². The summed E-state index contributed by atoms with van der Waals surface area (Å²) >= 11 is 0. The maximum atomic E-state index is 14.5. The molecule has 0 saturated carbocycles. The van der Waals surface area contributed by atoms with E-state index in [2.05, 4.69) is 5.32 Å². The van der Waals surface area contributed by atoms with Crippen molar-refractivity contribution >= 4 is 11.6 Å². The van der Waals surface area contributed by atoms with Crippen LogP contribution >= 0.6 is 0 Å². The highest BCUT2D eigenvalue weighted by Crippen LogP contribution is 2.38. The van der Waals surface area contributed by atoms with Crippen molar-refractivity contribution in [3.8, 4) is 29.7 Å². The molecule has 0 unspecified atom stereocenters. The van der Waals surface area contributed by atoms with Crippen LogP contribution in [0.15, 0.2) is 17.3 Å². The normalized spacial score (nSPS) is 8.87. The first kappa shape index (κ1) is 17.3. The number of hydrogen-bond donors (Lipinski definition) is 2. The van der Waals surface area contributed by atoms with Crippen LogP contribution in [0.1, 0.15) is 10.4 Å². The molecule has 1 aromatic carbocycles. The van der Waals surface area contributed by atoms with E-state index in [-0.39, 0.29) is 17.1 Å². The lowest BCUT2D eigenvalue weighted by Crippen LogP contribution is -2.17. The average molecular weight is 315 g/mol. The molecule has 0 saturated heterocycles. The first-order chi connectivity index (χ1) is 10.9. The van der Waals surface area contributed by atoms with Gasteiger partial charge in [-0.15, -0.1) is 0 Å². The van der Waals surface area contributed by atoms with Crippen molar-refractivity contribution in [3.63, 3.8) is 0 Å². The third kappa shape index (κ3) is 3.29. The highest BCUT2D eigenvalue weighted by Gasteiger charge is 2.24. The Bertz CT molecular complexity index is 796. The zero-order valence-electron chi connectivity index (χ0n) is 12.1. The number of nitrogens with zero attached hydrogens (tertiary/aromatic N) is 3. The van der Waals surface area contributed by atoms with Gasteiger partial charge in [-0.25, -0.2) is 4.39 Å². The van der Waals surface area contributed by atoms with Gasteiger partial charge in [0.2, 0.25) is 0 Å². The van der Waals surface area contributed by atoms with Crippen molar-refractivity contribution in [2.75, 3.05) is 19.5 Å². The summed E-state index contributed by atoms with van der Waals surface area (Å²) in [5.41, 5.74) is 3.21. The van der Waals surface area contributed by atoms with Gasteiger partial charge in [-0.3, -0.25) is 4.79 Å². The van der Waals surface area contributed by atoms with Crippen molar-refractivity contribution in [3.05, 3.63) is 28.7 Å². The van der Waals surface area contributed by atoms with Gasteiger partial charge in [-0.2, -0.15) is 15.8 Å². The second-order valence-corrected chi connectivity index (χ2v) is 3.92. The number of nitriles is 3. The van der Waals surface area contributed by atoms with Gasteiger partial charge in [-0.1, -0.05) is 0 Å². The third-order valence-electron chi connectivity index (χ3n) is 2.71. The topological polar surface area (TPSA) is 145 Å². The summed E-state index contributed by atoms with van der Waals surface area (Å²) < 4.78 is 24.3. The molecule has 3 N–H and O–H groups in total. The molecule has 8 nitrogen and oxygen atoms in total. The quantitative estimate of drug-likeness (QED) is 0.776. The van der Waals surface area contributed by atoms with E-state index in [0.29, 0.717) is 0 Å². The van der Waals surface area contributed by atoms with Gasteiger partial charge in [0, 0.05) is 0 Å². The van der Waals surface area contributed by atoms with Crippen molar-refractivity contribution in [2.24, 2.45) is 5.73 Å². The number of amides is 1. The van der Waals surface area contributed by atoms with Crippen molar-refractivity contribution in [1.29, 1.82) is 15.8 Å². The number of anilines is 1. The Morgan fingerprint density at radius 1 is 1.22 bits per heavy atom. The summed E-state index contributed by atoms with van der Waals surface area (Å²) in [5, 5.41) is 28.8. The highest BCUT2D eigenvalue weighted by molar-refractivity contribution is 6.00. The Morgan fingerprint density at radius 3 is 2.22 bits per heavy atom. The maximum absolute atomic E-state index is 14.5. The predicted molar refractivity (Wildman–Crippen MR) is 75.5 cm³/mol. The molecule has 1 rings (SSSR count). The van der Waals surface area contributed by atoms with Crippen LogP contribution < -0.4 is 20.5 Å². The Balaban J connectivity index is 3.68. The van der Waals surface area contributed by atoms with E-state index in [1.165, 1.54) is 26.4 Å². The number of primary amides is 1. The van der Waals surface area contributed by atoms with E-state index < -0.39 is 28.7 Å². The van der Waals surface area contributed by atoms with Crippen LogP contribution in [0.5, 0.6) is 11.5 Å². The fourth-order valence-electron chi connectivity index (χ4n) is 1.68. The van der Waals surface area contributed by atoms with Gasteiger partial charge in [0.25, 0.3) is 5.91 Å². The number of benzene rings is 1. The molecule has 0 aliphatic carbocycles. The largest absolute Gasteiger partial charge is 0.493 e. The van der Waals surface area contributed by atoms with E-state index >= 15 is 0 Å². The maximum Gasteiger partial charge on any atom is 0.251 e.